The van der Waals surface area contributed by atoms with Crippen LogP contribution >= 0.6 is 0 Å². The van der Waals surface area contributed by atoms with Gasteiger partial charge in [-0.15, -0.1) is 0 Å². The lowest BCUT2D eigenvalue weighted by Gasteiger charge is -2.11. The molecule has 0 aliphatic heterocycles. The number of anilines is 1. The van der Waals surface area contributed by atoms with Gasteiger partial charge in [0, 0.05) is 29.9 Å². The molecular weight excluding hydrogens is 396 g/mol. The molecule has 0 spiro atoms. The molecule has 0 fully saturated rings. The first-order valence-corrected chi connectivity index (χ1v) is 8.73. The number of hydrogen-bond acceptors (Lipinski definition) is 2. The fraction of sp³-hybridized carbons (Fsp3) is 0.250. The van der Waals surface area contributed by atoms with Crippen LogP contribution in [0.3, 0.4) is 0 Å². The van der Waals surface area contributed by atoms with Crippen LogP contribution < -0.4 is 5.32 Å². The molecule has 0 aliphatic carbocycles. The van der Waals surface area contributed by atoms with Gasteiger partial charge in [-0.25, -0.2) is 13.2 Å². The molecule has 29 heavy (non-hydrogen) atoms. The van der Waals surface area contributed by atoms with E-state index in [0.717, 1.165) is 16.8 Å². The van der Waals surface area contributed by atoms with Crippen molar-refractivity contribution in [3.05, 3.63) is 70.7 Å². The second kappa shape index (κ2) is 7.81. The third kappa shape index (κ3) is 4.38. The van der Waals surface area contributed by atoms with Crippen LogP contribution in [0.25, 0.3) is 11.3 Å². The average molecular weight is 413 g/mol. The molecule has 0 saturated carbocycles. The maximum atomic E-state index is 14.6. The lowest BCUT2D eigenvalue weighted by atomic mass is 10.1. The fourth-order valence-electron chi connectivity index (χ4n) is 2.94. The standard InChI is InChI=1S/C20H17F6N3/c1-3-29-18(9-19(28-29)20(24,25)26)13-5-4-12(8-17(13)23)27-10-14-15(21)6-11(2)7-16(14)22/h4-9,27H,3,10H2,1-2H3. The van der Waals surface area contributed by atoms with Gasteiger partial charge in [-0.1, -0.05) is 0 Å². The van der Waals surface area contributed by atoms with Crippen molar-refractivity contribution in [3.63, 3.8) is 0 Å². The summed E-state index contributed by atoms with van der Waals surface area (Å²) in [5.41, 5.74) is -0.720. The van der Waals surface area contributed by atoms with E-state index in [1.807, 2.05) is 0 Å². The molecule has 1 aromatic heterocycles. The molecule has 3 rings (SSSR count). The molecule has 0 aliphatic rings. The predicted octanol–water partition coefficient (Wildman–Crippen LogP) is 5.93. The molecule has 0 saturated heterocycles. The Morgan fingerprint density at radius 2 is 1.62 bits per heavy atom. The minimum Gasteiger partial charge on any atom is -0.381 e. The van der Waals surface area contributed by atoms with Crippen LogP contribution in [0.5, 0.6) is 0 Å². The number of rotatable bonds is 5. The predicted molar refractivity (Wildman–Crippen MR) is 96.7 cm³/mol. The third-order valence-corrected chi connectivity index (χ3v) is 4.37. The van der Waals surface area contributed by atoms with E-state index in [-0.39, 0.29) is 35.6 Å². The largest absolute Gasteiger partial charge is 0.435 e. The molecule has 0 bridgehead atoms. The Labute approximate surface area is 163 Å². The molecule has 2 aromatic carbocycles. The number of halogens is 6. The molecule has 0 amide bonds. The minimum absolute atomic E-state index is 0.0144. The second-order valence-corrected chi connectivity index (χ2v) is 6.48. The van der Waals surface area contributed by atoms with Gasteiger partial charge in [-0.05, 0) is 55.8 Å². The molecule has 1 heterocycles. The Kier molecular flexibility index (Phi) is 5.59. The average Bonchev–Trinajstić information content (AvgIpc) is 3.05. The Morgan fingerprint density at radius 3 is 2.17 bits per heavy atom. The van der Waals surface area contributed by atoms with Crippen molar-refractivity contribution < 1.29 is 26.3 Å². The Balaban J connectivity index is 1.86. The zero-order valence-electron chi connectivity index (χ0n) is 15.5. The third-order valence-electron chi connectivity index (χ3n) is 4.37. The summed E-state index contributed by atoms with van der Waals surface area (Å²) in [7, 11) is 0. The van der Waals surface area contributed by atoms with Crippen molar-refractivity contribution >= 4 is 5.69 Å². The molecule has 0 unspecified atom stereocenters. The first-order valence-electron chi connectivity index (χ1n) is 8.73. The van der Waals surface area contributed by atoms with Crippen molar-refractivity contribution in [1.82, 2.24) is 9.78 Å². The van der Waals surface area contributed by atoms with Crippen molar-refractivity contribution in [2.75, 3.05) is 5.32 Å². The number of nitrogens with one attached hydrogen (secondary N) is 1. The number of aryl methyl sites for hydroxylation is 2. The van der Waals surface area contributed by atoms with Gasteiger partial charge in [0.25, 0.3) is 0 Å². The number of nitrogens with zero attached hydrogens (tertiary/aromatic N) is 2. The van der Waals surface area contributed by atoms with Crippen molar-refractivity contribution in [2.45, 2.75) is 33.1 Å². The van der Waals surface area contributed by atoms with Crippen LogP contribution in [0.15, 0.2) is 36.4 Å². The van der Waals surface area contributed by atoms with Gasteiger partial charge >= 0.3 is 6.18 Å². The van der Waals surface area contributed by atoms with Gasteiger partial charge in [0.2, 0.25) is 0 Å². The summed E-state index contributed by atoms with van der Waals surface area (Å²) in [4.78, 5) is 0. The summed E-state index contributed by atoms with van der Waals surface area (Å²) in [5, 5.41) is 6.19. The van der Waals surface area contributed by atoms with Gasteiger partial charge in [0.1, 0.15) is 17.5 Å². The maximum absolute atomic E-state index is 14.6. The second-order valence-electron chi connectivity index (χ2n) is 6.48. The van der Waals surface area contributed by atoms with E-state index in [0.29, 0.717) is 5.56 Å². The highest BCUT2D eigenvalue weighted by Crippen LogP contribution is 2.33. The monoisotopic (exact) mass is 413 g/mol. The molecule has 1 N–H and O–H groups in total. The smallest absolute Gasteiger partial charge is 0.381 e. The first-order chi connectivity index (χ1) is 13.6. The summed E-state index contributed by atoms with van der Waals surface area (Å²) >= 11 is 0. The van der Waals surface area contributed by atoms with Crippen LogP contribution in [0.2, 0.25) is 0 Å². The summed E-state index contributed by atoms with van der Waals surface area (Å²) in [6.07, 6.45) is -4.64. The first kappa shape index (κ1) is 20.8. The van der Waals surface area contributed by atoms with E-state index in [1.165, 1.54) is 24.3 Å². The number of alkyl halides is 3. The van der Waals surface area contributed by atoms with Crippen LogP contribution in [0.4, 0.5) is 32.0 Å². The topological polar surface area (TPSA) is 29.9 Å². The summed E-state index contributed by atoms with van der Waals surface area (Å²) in [6, 6.07) is 6.93. The normalized spacial score (nSPS) is 11.7. The van der Waals surface area contributed by atoms with E-state index in [9.17, 15) is 26.3 Å². The van der Waals surface area contributed by atoms with Gasteiger partial charge in [0.05, 0.1) is 5.69 Å². The zero-order valence-corrected chi connectivity index (χ0v) is 15.5. The van der Waals surface area contributed by atoms with Gasteiger partial charge in [0.15, 0.2) is 5.69 Å². The van der Waals surface area contributed by atoms with Crippen LogP contribution in [-0.2, 0) is 19.3 Å². The molecule has 3 aromatic rings. The summed E-state index contributed by atoms with van der Waals surface area (Å²) < 4.78 is 82.2. The number of aromatic nitrogens is 2. The Morgan fingerprint density at radius 1 is 0.966 bits per heavy atom. The van der Waals surface area contributed by atoms with Crippen molar-refractivity contribution in [3.8, 4) is 11.3 Å². The highest BCUT2D eigenvalue weighted by Gasteiger charge is 2.35. The summed E-state index contributed by atoms with van der Waals surface area (Å²) in [5.74, 6) is -2.24. The van der Waals surface area contributed by atoms with E-state index in [4.69, 9.17) is 0 Å². The highest BCUT2D eigenvalue weighted by atomic mass is 19.4. The molecule has 3 nitrogen and oxygen atoms in total. The van der Waals surface area contributed by atoms with E-state index >= 15 is 0 Å². The highest BCUT2D eigenvalue weighted by molar-refractivity contribution is 5.64. The van der Waals surface area contributed by atoms with Crippen molar-refractivity contribution in [1.29, 1.82) is 0 Å². The van der Waals surface area contributed by atoms with Crippen molar-refractivity contribution in [2.24, 2.45) is 0 Å². The Hall–Kier alpha value is -2.97. The summed E-state index contributed by atoms with van der Waals surface area (Å²) in [6.45, 7) is 3.05. The van der Waals surface area contributed by atoms with Crippen LogP contribution in [0.1, 0.15) is 23.7 Å². The number of benzene rings is 2. The molecular formula is C20H17F6N3. The van der Waals surface area contributed by atoms with E-state index in [1.54, 1.807) is 13.8 Å². The minimum atomic E-state index is -4.64. The SMILES string of the molecule is CCn1nc(C(F)(F)F)cc1-c1ccc(NCc2c(F)cc(C)cc2F)cc1F. The van der Waals surface area contributed by atoms with Crippen LogP contribution in [0, 0.1) is 24.4 Å². The molecule has 154 valence electrons. The van der Waals surface area contributed by atoms with E-state index < -0.39 is 29.3 Å². The maximum Gasteiger partial charge on any atom is 0.435 e. The quantitative estimate of drug-likeness (QED) is 0.526. The van der Waals surface area contributed by atoms with Crippen LogP contribution in [-0.4, -0.2) is 9.78 Å². The molecule has 9 heteroatoms. The van der Waals surface area contributed by atoms with Gasteiger partial charge < -0.3 is 5.32 Å². The van der Waals surface area contributed by atoms with E-state index in [2.05, 4.69) is 10.4 Å². The van der Waals surface area contributed by atoms with Gasteiger partial charge in [-0.2, -0.15) is 18.3 Å². The lowest BCUT2D eigenvalue weighted by Crippen LogP contribution is -2.07. The number of hydrogen-bond donors (Lipinski definition) is 1. The zero-order chi connectivity index (χ0) is 21.3. The Bertz CT molecular complexity index is 1020. The molecule has 0 radical (unpaired) electrons. The van der Waals surface area contributed by atoms with Gasteiger partial charge in [-0.3, -0.25) is 4.68 Å². The lowest BCUT2D eigenvalue weighted by molar-refractivity contribution is -0.141. The molecule has 0 atom stereocenters. The fourth-order valence-corrected chi connectivity index (χ4v) is 2.94.